The van der Waals surface area contributed by atoms with Crippen molar-refractivity contribution in [2.45, 2.75) is 18.4 Å². The maximum atomic E-state index is 11.2. The number of fused-ring (bicyclic) bond motifs is 2. The Bertz CT molecular complexity index is 1370. The van der Waals surface area contributed by atoms with Gasteiger partial charge in [-0.1, -0.05) is 0 Å². The van der Waals surface area contributed by atoms with E-state index in [9.17, 15) is 15.0 Å². The number of ether oxygens (including phenoxy) is 2. The molecule has 2 atom stereocenters. The number of amides is 1. The molecule has 4 heterocycles. The van der Waals surface area contributed by atoms with Crippen LogP contribution in [0.2, 0.25) is 0 Å². The third-order valence-electron chi connectivity index (χ3n) is 6.12. The van der Waals surface area contributed by atoms with Crippen molar-refractivity contribution in [2.24, 2.45) is 7.05 Å². The van der Waals surface area contributed by atoms with Gasteiger partial charge >= 0.3 is 6.09 Å². The molecule has 10 nitrogen and oxygen atoms in total. The summed E-state index contributed by atoms with van der Waals surface area (Å²) in [6.07, 6.45) is 0.644. The van der Waals surface area contributed by atoms with Crippen LogP contribution >= 0.6 is 0 Å². The number of benzene rings is 1. The number of carboxylic acid groups (broad SMARTS) is 1. The molecule has 1 aromatic carbocycles. The lowest BCUT2D eigenvalue weighted by Crippen LogP contribution is -2.45. The molecule has 1 unspecified atom stereocenters. The molecule has 0 bridgehead atoms. The lowest BCUT2D eigenvalue weighted by molar-refractivity contribution is 0.0494. The van der Waals surface area contributed by atoms with Gasteiger partial charge in [-0.15, -0.1) is 0 Å². The first-order valence-corrected chi connectivity index (χ1v) is 11.0. The van der Waals surface area contributed by atoms with E-state index < -0.39 is 12.2 Å². The highest BCUT2D eigenvalue weighted by molar-refractivity contribution is 5.88. The molecule has 34 heavy (non-hydrogen) atoms. The summed E-state index contributed by atoms with van der Waals surface area (Å²) in [6.45, 7) is 0.555. The Hall–Kier alpha value is -3.76. The van der Waals surface area contributed by atoms with Crippen LogP contribution in [0.5, 0.6) is 5.75 Å². The van der Waals surface area contributed by atoms with E-state index in [1.54, 1.807) is 11.8 Å². The van der Waals surface area contributed by atoms with Gasteiger partial charge in [0.25, 0.3) is 0 Å². The molecule has 1 fully saturated rings. The van der Waals surface area contributed by atoms with Crippen LogP contribution in [0, 0.1) is 0 Å². The predicted octanol–water partition coefficient (Wildman–Crippen LogP) is 2.99. The van der Waals surface area contributed by atoms with Crippen LogP contribution in [0.4, 0.5) is 4.79 Å². The smallest absolute Gasteiger partial charge is 0.407 e. The van der Waals surface area contributed by atoms with Crippen LogP contribution in [0.15, 0.2) is 42.6 Å². The van der Waals surface area contributed by atoms with Gasteiger partial charge in [0.05, 0.1) is 34.9 Å². The zero-order valence-electron chi connectivity index (χ0n) is 18.9. The van der Waals surface area contributed by atoms with Crippen molar-refractivity contribution < 1.29 is 24.5 Å². The van der Waals surface area contributed by atoms with Crippen molar-refractivity contribution in [1.82, 2.24) is 24.6 Å². The number of aryl methyl sites for hydroxylation is 1. The van der Waals surface area contributed by atoms with E-state index in [2.05, 4.69) is 5.10 Å². The summed E-state index contributed by atoms with van der Waals surface area (Å²) in [5.74, 6) is 0.402. The van der Waals surface area contributed by atoms with Crippen LogP contribution in [0.3, 0.4) is 0 Å². The zero-order chi connectivity index (χ0) is 23.8. The van der Waals surface area contributed by atoms with E-state index in [1.165, 1.54) is 4.90 Å². The molecule has 1 aliphatic heterocycles. The van der Waals surface area contributed by atoms with Crippen LogP contribution < -0.4 is 4.74 Å². The van der Waals surface area contributed by atoms with Gasteiger partial charge in [0, 0.05) is 55.5 Å². The molecule has 0 saturated carbocycles. The highest BCUT2D eigenvalue weighted by Crippen LogP contribution is 2.34. The Labute approximate surface area is 195 Å². The molecule has 0 aliphatic carbocycles. The highest BCUT2D eigenvalue weighted by atomic mass is 16.7. The number of rotatable bonds is 5. The molecule has 176 valence electrons. The molecule has 0 spiro atoms. The van der Waals surface area contributed by atoms with E-state index in [-0.39, 0.29) is 19.3 Å². The van der Waals surface area contributed by atoms with Crippen LogP contribution in [-0.2, 0) is 11.8 Å². The number of methoxy groups -OCH3 is 1. The molecule has 10 heteroatoms. The second-order valence-corrected chi connectivity index (χ2v) is 8.42. The molecule has 3 aromatic heterocycles. The summed E-state index contributed by atoms with van der Waals surface area (Å²) in [6, 6.07) is 11.4. The standard InChI is InChI=1S/C24H25N5O5/c1-28-11-14-9-16(23(34-13-33-2)10-21(14)27-28)18-4-6-19-20(26-18)5-3-17(25-19)15-7-8-29(24(31)32)12-22(15)30/h3-6,9-11,15,22,30H,7-8,12-13H2,1-2H3,(H,31,32)/t15?,22-/m1/s1. The van der Waals surface area contributed by atoms with Gasteiger partial charge in [-0.2, -0.15) is 5.10 Å². The van der Waals surface area contributed by atoms with E-state index >= 15 is 0 Å². The van der Waals surface area contributed by atoms with Gasteiger partial charge in [-0.25, -0.2) is 9.78 Å². The Balaban J connectivity index is 1.48. The Morgan fingerprint density at radius 1 is 1.15 bits per heavy atom. The van der Waals surface area contributed by atoms with Gasteiger partial charge in [0.1, 0.15) is 5.75 Å². The average molecular weight is 463 g/mol. The van der Waals surface area contributed by atoms with Crippen LogP contribution in [0.25, 0.3) is 33.2 Å². The van der Waals surface area contributed by atoms with Gasteiger partial charge in [0.15, 0.2) is 6.79 Å². The molecule has 0 radical (unpaired) electrons. The van der Waals surface area contributed by atoms with E-state index in [0.717, 1.165) is 27.9 Å². The minimum atomic E-state index is -1.01. The average Bonchev–Trinajstić information content (AvgIpc) is 3.20. The van der Waals surface area contributed by atoms with E-state index in [1.807, 2.05) is 49.6 Å². The maximum absolute atomic E-state index is 11.2. The SMILES string of the molecule is COCOc1cc2nn(C)cc2cc1-c1ccc2nc(C3CCN(C(=O)O)C[C@H]3O)ccc2n1. The highest BCUT2D eigenvalue weighted by Gasteiger charge is 2.32. The first-order valence-electron chi connectivity index (χ1n) is 11.0. The summed E-state index contributed by atoms with van der Waals surface area (Å²) < 4.78 is 12.6. The van der Waals surface area contributed by atoms with Gasteiger partial charge in [0.2, 0.25) is 0 Å². The number of hydrogen-bond donors (Lipinski definition) is 2. The predicted molar refractivity (Wildman–Crippen MR) is 125 cm³/mol. The van der Waals surface area contributed by atoms with Gasteiger partial charge in [-0.05, 0) is 36.8 Å². The van der Waals surface area contributed by atoms with Crippen molar-refractivity contribution in [1.29, 1.82) is 0 Å². The van der Waals surface area contributed by atoms with Crippen molar-refractivity contribution in [2.75, 3.05) is 27.0 Å². The summed E-state index contributed by atoms with van der Waals surface area (Å²) in [4.78, 5) is 22.0. The quantitative estimate of drug-likeness (QED) is 0.433. The fraction of sp³-hybridized carbons (Fsp3) is 0.333. The number of likely N-dealkylation sites (tertiary alicyclic amines) is 1. The minimum absolute atomic E-state index is 0.0813. The van der Waals surface area contributed by atoms with E-state index in [0.29, 0.717) is 29.7 Å². The van der Waals surface area contributed by atoms with E-state index in [4.69, 9.17) is 19.4 Å². The van der Waals surface area contributed by atoms with Crippen LogP contribution in [0.1, 0.15) is 18.0 Å². The minimum Gasteiger partial charge on any atom is -0.467 e. The fourth-order valence-corrected chi connectivity index (χ4v) is 4.45. The molecular weight excluding hydrogens is 438 g/mol. The number of carbonyl (C=O) groups is 1. The fourth-order valence-electron chi connectivity index (χ4n) is 4.45. The molecular formula is C24H25N5O5. The summed E-state index contributed by atoms with van der Waals surface area (Å²) in [5, 5.41) is 25.1. The molecule has 5 rings (SSSR count). The third kappa shape index (κ3) is 4.13. The summed E-state index contributed by atoms with van der Waals surface area (Å²) in [7, 11) is 3.44. The van der Waals surface area contributed by atoms with Crippen molar-refractivity contribution in [3.63, 3.8) is 0 Å². The number of pyridine rings is 2. The Morgan fingerprint density at radius 3 is 2.71 bits per heavy atom. The summed E-state index contributed by atoms with van der Waals surface area (Å²) in [5.41, 5.74) is 4.52. The van der Waals surface area contributed by atoms with Crippen LogP contribution in [-0.4, -0.2) is 74.1 Å². The number of aliphatic hydroxyl groups is 1. The number of aliphatic hydroxyl groups excluding tert-OH is 1. The maximum Gasteiger partial charge on any atom is 0.407 e. The monoisotopic (exact) mass is 463 g/mol. The summed E-state index contributed by atoms with van der Waals surface area (Å²) >= 11 is 0. The number of piperidine rings is 1. The first-order chi connectivity index (χ1) is 16.4. The molecule has 4 aromatic rings. The molecule has 2 N–H and O–H groups in total. The lowest BCUT2D eigenvalue weighted by Gasteiger charge is -2.34. The molecule has 1 saturated heterocycles. The first kappa shape index (κ1) is 22.1. The van der Waals surface area contributed by atoms with Gasteiger partial charge in [-0.3, -0.25) is 9.67 Å². The van der Waals surface area contributed by atoms with Crippen molar-refractivity contribution in [3.05, 3.63) is 48.3 Å². The number of hydrogen-bond acceptors (Lipinski definition) is 7. The van der Waals surface area contributed by atoms with Crippen molar-refractivity contribution >= 4 is 28.0 Å². The number of aromatic nitrogens is 4. The molecule has 1 aliphatic rings. The third-order valence-corrected chi connectivity index (χ3v) is 6.12. The second kappa shape index (κ2) is 8.88. The topological polar surface area (TPSA) is 123 Å². The van der Waals surface area contributed by atoms with Crippen molar-refractivity contribution in [3.8, 4) is 17.0 Å². The number of nitrogens with zero attached hydrogens (tertiary/aromatic N) is 5. The Morgan fingerprint density at radius 2 is 1.94 bits per heavy atom. The number of β-amino-alcohol motifs (C(OH)–C–C–N with tert-alkyl or cyclic N) is 1. The normalized spacial score (nSPS) is 18.5. The Kier molecular flexibility index (Phi) is 5.76. The molecule has 1 amide bonds. The second-order valence-electron chi connectivity index (χ2n) is 8.42. The van der Waals surface area contributed by atoms with Gasteiger partial charge < -0.3 is 24.6 Å². The zero-order valence-corrected chi connectivity index (χ0v) is 18.9. The lowest BCUT2D eigenvalue weighted by atomic mass is 9.90. The largest absolute Gasteiger partial charge is 0.467 e.